The fraction of sp³-hybridized carbons (Fsp3) is 0.0667. The summed E-state index contributed by atoms with van der Waals surface area (Å²) in [5.74, 6) is 0.00388. The van der Waals surface area contributed by atoms with Crippen LogP contribution in [0, 0.1) is 26.0 Å². The number of nitro groups is 2. The third kappa shape index (κ3) is 4.09. The number of nitro benzene ring substituents is 2. The van der Waals surface area contributed by atoms with Crippen molar-refractivity contribution in [3.8, 4) is 5.69 Å². The number of nitrogens with zero attached hydrogens (tertiary/aromatic N) is 7. The second kappa shape index (κ2) is 7.94. The second-order valence-electron chi connectivity index (χ2n) is 5.33. The zero-order chi connectivity index (χ0) is 20.1. The van der Waals surface area contributed by atoms with E-state index in [1.807, 2.05) is 0 Å². The zero-order valence-electron chi connectivity index (χ0n) is 14.0. The maximum absolute atomic E-state index is 13.0. The van der Waals surface area contributed by atoms with Crippen LogP contribution in [0.25, 0.3) is 5.69 Å². The number of hydrazone groups is 1. The van der Waals surface area contributed by atoms with Gasteiger partial charge in [0.25, 0.3) is 5.69 Å². The minimum atomic E-state index is -0.750. The van der Waals surface area contributed by atoms with Crippen LogP contribution in [-0.2, 0) is 6.42 Å². The molecule has 2 aromatic carbocycles. The van der Waals surface area contributed by atoms with E-state index in [1.165, 1.54) is 41.2 Å². The quantitative estimate of drug-likeness (QED) is 0.368. The lowest BCUT2D eigenvalue weighted by molar-refractivity contribution is -0.393. The van der Waals surface area contributed by atoms with Crippen LogP contribution in [0.4, 0.5) is 21.5 Å². The Labute approximate surface area is 155 Å². The average Bonchev–Trinajstić information content (AvgIpc) is 3.14. The number of rotatable bonds is 7. The van der Waals surface area contributed by atoms with Crippen molar-refractivity contribution in [3.05, 3.63) is 74.3 Å². The lowest BCUT2D eigenvalue weighted by atomic mass is 10.2. The van der Waals surface area contributed by atoms with E-state index in [0.29, 0.717) is 11.5 Å². The maximum atomic E-state index is 13.0. The van der Waals surface area contributed by atoms with E-state index in [9.17, 15) is 24.6 Å². The van der Waals surface area contributed by atoms with Crippen LogP contribution in [-0.4, -0.2) is 36.3 Å². The summed E-state index contributed by atoms with van der Waals surface area (Å²) in [5, 5.41) is 36.9. The van der Waals surface area contributed by atoms with E-state index < -0.39 is 27.0 Å². The molecule has 0 atom stereocenters. The molecule has 3 aromatic rings. The fourth-order valence-corrected chi connectivity index (χ4v) is 2.24. The van der Waals surface area contributed by atoms with Crippen molar-refractivity contribution in [3.63, 3.8) is 0 Å². The molecule has 0 fully saturated rings. The average molecular weight is 386 g/mol. The van der Waals surface area contributed by atoms with Gasteiger partial charge in [-0.3, -0.25) is 25.7 Å². The number of tetrazole rings is 1. The first-order chi connectivity index (χ1) is 13.5. The molecule has 142 valence electrons. The monoisotopic (exact) mass is 386 g/mol. The first kappa shape index (κ1) is 18.5. The van der Waals surface area contributed by atoms with Gasteiger partial charge in [0.15, 0.2) is 5.82 Å². The highest BCUT2D eigenvalue weighted by Gasteiger charge is 2.19. The van der Waals surface area contributed by atoms with Crippen LogP contribution < -0.4 is 5.43 Å². The van der Waals surface area contributed by atoms with Gasteiger partial charge in [-0.25, -0.2) is 4.39 Å². The maximum Gasteiger partial charge on any atom is 0.301 e. The molecule has 0 saturated heterocycles. The first-order valence-corrected chi connectivity index (χ1v) is 7.69. The number of non-ortho nitro benzene ring substituents is 1. The topological polar surface area (TPSA) is 154 Å². The van der Waals surface area contributed by atoms with Gasteiger partial charge in [-0.1, -0.05) is 0 Å². The highest BCUT2D eigenvalue weighted by Crippen LogP contribution is 2.28. The van der Waals surface area contributed by atoms with Crippen LogP contribution in [0.3, 0.4) is 0 Å². The van der Waals surface area contributed by atoms with Crippen molar-refractivity contribution in [2.45, 2.75) is 6.42 Å². The number of anilines is 1. The molecule has 28 heavy (non-hydrogen) atoms. The predicted molar refractivity (Wildman–Crippen MR) is 94.7 cm³/mol. The largest absolute Gasteiger partial charge is 0.301 e. The third-order valence-electron chi connectivity index (χ3n) is 3.54. The zero-order valence-corrected chi connectivity index (χ0v) is 14.0. The molecular weight excluding hydrogens is 375 g/mol. The van der Waals surface area contributed by atoms with E-state index in [4.69, 9.17) is 0 Å². The predicted octanol–water partition coefficient (Wildman–Crippen LogP) is 2.26. The standard InChI is InChI=1S/C15H11FN8O4/c16-10-1-3-11(4-2-10)22-15(19-20-21-22)7-8-17-18-13-6-5-12(23(25)26)9-14(13)24(27)28/h1-6,8-9,18H,7H2/b17-8-. The summed E-state index contributed by atoms with van der Waals surface area (Å²) in [5.41, 5.74) is 2.12. The molecule has 13 heteroatoms. The molecule has 0 saturated carbocycles. The highest BCUT2D eigenvalue weighted by atomic mass is 19.1. The van der Waals surface area contributed by atoms with Gasteiger partial charge in [0.2, 0.25) is 0 Å². The van der Waals surface area contributed by atoms with E-state index in [2.05, 4.69) is 26.1 Å². The summed E-state index contributed by atoms with van der Waals surface area (Å²) in [6.45, 7) is 0. The Morgan fingerprint density at radius 1 is 1.14 bits per heavy atom. The summed E-state index contributed by atoms with van der Waals surface area (Å²) >= 11 is 0. The summed E-state index contributed by atoms with van der Waals surface area (Å²) < 4.78 is 14.4. The first-order valence-electron chi connectivity index (χ1n) is 7.69. The summed E-state index contributed by atoms with van der Waals surface area (Å²) in [6, 6.07) is 8.70. The number of hydrogen-bond donors (Lipinski definition) is 1. The molecule has 0 aliphatic rings. The van der Waals surface area contributed by atoms with Crippen molar-refractivity contribution in [1.82, 2.24) is 20.2 Å². The van der Waals surface area contributed by atoms with Crippen LogP contribution in [0.1, 0.15) is 5.82 Å². The Balaban J connectivity index is 1.72. The summed E-state index contributed by atoms with van der Waals surface area (Å²) in [7, 11) is 0. The molecule has 12 nitrogen and oxygen atoms in total. The van der Waals surface area contributed by atoms with Crippen molar-refractivity contribution in [2.24, 2.45) is 5.10 Å². The Bertz CT molecular complexity index is 1050. The van der Waals surface area contributed by atoms with E-state index in [1.54, 1.807) is 0 Å². The molecule has 0 amide bonds. The van der Waals surface area contributed by atoms with E-state index in [0.717, 1.165) is 12.1 Å². The van der Waals surface area contributed by atoms with Crippen molar-refractivity contribution in [2.75, 3.05) is 5.43 Å². The molecule has 0 radical (unpaired) electrons. The molecule has 0 bridgehead atoms. The molecule has 0 aliphatic heterocycles. The van der Waals surface area contributed by atoms with Crippen LogP contribution in [0.2, 0.25) is 0 Å². The van der Waals surface area contributed by atoms with Gasteiger partial charge >= 0.3 is 5.69 Å². The number of benzene rings is 2. The number of halogens is 1. The van der Waals surface area contributed by atoms with E-state index in [-0.39, 0.29) is 12.1 Å². The van der Waals surface area contributed by atoms with Gasteiger partial charge in [0, 0.05) is 18.7 Å². The molecule has 1 heterocycles. The van der Waals surface area contributed by atoms with Gasteiger partial charge in [-0.05, 0) is 40.8 Å². The second-order valence-corrected chi connectivity index (χ2v) is 5.33. The van der Waals surface area contributed by atoms with Crippen molar-refractivity contribution >= 4 is 23.3 Å². The Hall–Kier alpha value is -4.29. The lowest BCUT2D eigenvalue weighted by Gasteiger charge is -2.03. The van der Waals surface area contributed by atoms with Crippen LogP contribution in [0.5, 0.6) is 0 Å². The minimum absolute atomic E-state index is 0.00928. The normalized spacial score (nSPS) is 10.9. The van der Waals surface area contributed by atoms with Crippen LogP contribution >= 0.6 is 0 Å². The molecule has 0 spiro atoms. The van der Waals surface area contributed by atoms with Gasteiger partial charge in [-0.2, -0.15) is 9.78 Å². The smallest absolute Gasteiger partial charge is 0.272 e. The van der Waals surface area contributed by atoms with Crippen molar-refractivity contribution < 1.29 is 14.2 Å². The number of nitrogens with one attached hydrogen (secondary N) is 1. The fourth-order valence-electron chi connectivity index (χ4n) is 2.24. The Morgan fingerprint density at radius 3 is 2.57 bits per heavy atom. The SMILES string of the molecule is O=[N+]([O-])c1ccc(N/N=C\Cc2nnnn2-c2ccc(F)cc2)c([N+](=O)[O-])c1. The van der Waals surface area contributed by atoms with Crippen molar-refractivity contribution in [1.29, 1.82) is 0 Å². The molecule has 1 aromatic heterocycles. The number of hydrogen-bond acceptors (Lipinski definition) is 9. The summed E-state index contributed by atoms with van der Waals surface area (Å²) in [6.07, 6.45) is 1.54. The molecule has 0 unspecified atom stereocenters. The molecular formula is C15H11FN8O4. The van der Waals surface area contributed by atoms with Gasteiger partial charge < -0.3 is 0 Å². The van der Waals surface area contributed by atoms with Crippen LogP contribution in [0.15, 0.2) is 47.6 Å². The van der Waals surface area contributed by atoms with Gasteiger partial charge in [-0.15, -0.1) is 5.10 Å². The van der Waals surface area contributed by atoms with Gasteiger partial charge in [0.05, 0.1) is 21.6 Å². The molecule has 0 aliphatic carbocycles. The third-order valence-corrected chi connectivity index (χ3v) is 3.54. The van der Waals surface area contributed by atoms with Gasteiger partial charge in [0.1, 0.15) is 11.5 Å². The number of aromatic nitrogens is 4. The Morgan fingerprint density at radius 2 is 1.89 bits per heavy atom. The Kier molecular flexibility index (Phi) is 5.25. The molecule has 1 N–H and O–H groups in total. The summed E-state index contributed by atoms with van der Waals surface area (Å²) in [4.78, 5) is 20.3. The van der Waals surface area contributed by atoms with E-state index >= 15 is 0 Å². The lowest BCUT2D eigenvalue weighted by Crippen LogP contribution is -2.05. The minimum Gasteiger partial charge on any atom is -0.272 e. The molecule has 3 rings (SSSR count). The highest BCUT2D eigenvalue weighted by molar-refractivity contribution is 5.68.